The molecule has 0 spiro atoms. The Morgan fingerprint density at radius 3 is 2.54 bits per heavy atom. The van der Waals surface area contributed by atoms with Crippen LogP contribution in [0.4, 0.5) is 9.18 Å². The van der Waals surface area contributed by atoms with Crippen molar-refractivity contribution in [3.8, 4) is 5.88 Å². The maximum Gasteiger partial charge on any atom is 0.314 e. The van der Waals surface area contributed by atoms with E-state index in [1.807, 2.05) is 38.1 Å². The second-order valence-corrected chi connectivity index (χ2v) is 8.68. The Kier molecular flexibility index (Phi) is 9.84. The Morgan fingerprint density at radius 2 is 1.86 bits per heavy atom. The van der Waals surface area contributed by atoms with Gasteiger partial charge >= 0.3 is 6.03 Å². The number of ether oxygens (including phenoxy) is 2. The third-order valence-electron chi connectivity index (χ3n) is 5.93. The number of amides is 2. The van der Waals surface area contributed by atoms with E-state index in [4.69, 9.17) is 9.47 Å². The summed E-state index contributed by atoms with van der Waals surface area (Å²) in [5.74, 6) is 0.171. The van der Waals surface area contributed by atoms with E-state index in [0.717, 1.165) is 41.6 Å². The van der Waals surface area contributed by atoms with E-state index in [2.05, 4.69) is 20.8 Å². The number of hydrogen-bond acceptors (Lipinski definition) is 7. The molecule has 1 saturated heterocycles. The number of aromatic nitrogens is 2. The van der Waals surface area contributed by atoms with E-state index in [0.29, 0.717) is 19.5 Å². The maximum atomic E-state index is 14.0. The van der Waals surface area contributed by atoms with Crippen molar-refractivity contribution in [2.24, 2.45) is 0 Å². The van der Waals surface area contributed by atoms with Crippen molar-refractivity contribution in [3.05, 3.63) is 46.6 Å². The molecule has 2 heterocycles. The molecule has 6 N–H and O–H groups in total. The zero-order valence-electron chi connectivity index (χ0n) is 20.0. The molecule has 1 aliphatic rings. The molecule has 0 radical (unpaired) electrons. The number of nitrogens with zero attached hydrogens (tertiary/aromatic N) is 1. The average molecular weight is 495 g/mol. The monoisotopic (exact) mass is 494 g/mol. The summed E-state index contributed by atoms with van der Waals surface area (Å²) >= 11 is 0. The second kappa shape index (κ2) is 12.8. The number of halogens is 1. The molecule has 2 amide bonds. The quantitative estimate of drug-likeness (QED) is 0.256. The van der Waals surface area contributed by atoms with Crippen molar-refractivity contribution in [2.75, 3.05) is 19.7 Å². The van der Waals surface area contributed by atoms with Crippen molar-refractivity contribution < 1.29 is 34.0 Å². The lowest BCUT2D eigenvalue weighted by Gasteiger charge is -2.38. The number of nitrogens with one attached hydrogen (secondary N) is 3. The van der Waals surface area contributed by atoms with E-state index < -0.39 is 37.4 Å². The van der Waals surface area contributed by atoms with Crippen LogP contribution in [0.25, 0.3) is 0 Å². The Hall–Kier alpha value is -2.73. The summed E-state index contributed by atoms with van der Waals surface area (Å²) in [6.45, 7) is 4.42. The zero-order chi connectivity index (χ0) is 25.4. The lowest BCUT2D eigenvalue weighted by atomic mass is 10.0. The first-order valence-electron chi connectivity index (χ1n) is 11.9. The summed E-state index contributed by atoms with van der Waals surface area (Å²) in [7, 11) is 0. The molecule has 11 heteroatoms. The molecule has 0 bridgehead atoms. The predicted molar refractivity (Wildman–Crippen MR) is 126 cm³/mol. The van der Waals surface area contributed by atoms with Crippen LogP contribution in [-0.4, -0.2) is 82.0 Å². The highest BCUT2D eigenvalue weighted by molar-refractivity contribution is 5.73. The molecule has 0 aliphatic carbocycles. The fourth-order valence-electron chi connectivity index (χ4n) is 3.81. The van der Waals surface area contributed by atoms with Gasteiger partial charge in [-0.3, -0.25) is 5.10 Å². The topological polar surface area (TPSA) is 149 Å². The molecular weight excluding hydrogens is 459 g/mol. The highest BCUT2D eigenvalue weighted by Gasteiger charge is 2.46. The maximum absolute atomic E-state index is 14.0. The lowest BCUT2D eigenvalue weighted by Crippen LogP contribution is -2.58. The predicted octanol–water partition coefficient (Wildman–Crippen LogP) is 1.11. The van der Waals surface area contributed by atoms with E-state index in [1.54, 1.807) is 0 Å². The fraction of sp³-hybridized carbons (Fsp3) is 0.583. The van der Waals surface area contributed by atoms with Crippen molar-refractivity contribution in [2.45, 2.75) is 70.3 Å². The zero-order valence-corrected chi connectivity index (χ0v) is 20.0. The van der Waals surface area contributed by atoms with Crippen LogP contribution in [0.3, 0.4) is 0 Å². The molecule has 194 valence electrons. The van der Waals surface area contributed by atoms with Gasteiger partial charge in [-0.2, -0.15) is 0 Å². The number of urea groups is 1. The Labute approximate surface area is 203 Å². The number of aliphatic hydroxyl groups is 3. The Balaban J connectivity index is 1.55. The highest BCUT2D eigenvalue weighted by Crippen LogP contribution is 2.29. The minimum atomic E-state index is -1.93. The molecule has 5 atom stereocenters. The summed E-state index contributed by atoms with van der Waals surface area (Å²) in [5.41, 5.74) is 3.63. The van der Waals surface area contributed by atoms with Crippen molar-refractivity contribution >= 4 is 6.03 Å². The number of carbonyl (C=O) groups excluding carboxylic acids is 1. The molecule has 1 aromatic heterocycles. The van der Waals surface area contributed by atoms with Gasteiger partial charge in [0.2, 0.25) is 12.2 Å². The van der Waals surface area contributed by atoms with Gasteiger partial charge in [-0.1, -0.05) is 31.2 Å². The van der Waals surface area contributed by atoms with Gasteiger partial charge in [-0.05, 0) is 37.3 Å². The number of carbonyl (C=O) groups is 1. The summed E-state index contributed by atoms with van der Waals surface area (Å²) in [6.07, 6.45) is -4.97. The van der Waals surface area contributed by atoms with Gasteiger partial charge in [0.25, 0.3) is 0 Å². The molecular formula is C24H35FN4O6. The van der Waals surface area contributed by atoms with E-state index in [9.17, 15) is 24.5 Å². The number of rotatable bonds is 11. The van der Waals surface area contributed by atoms with E-state index in [-0.39, 0.29) is 11.9 Å². The lowest BCUT2D eigenvalue weighted by molar-refractivity contribution is -0.265. The minimum Gasteiger partial charge on any atom is -0.443 e. The SMILES string of the molecule is CCCNC(=O)NCCCc1ccc(Cc2c(OC3OC(CO)C(F)C(O)C3O)n[nH]c2C)cc1. The molecule has 2 aromatic rings. The van der Waals surface area contributed by atoms with Crippen LogP contribution in [0.5, 0.6) is 5.88 Å². The molecule has 0 saturated carbocycles. The number of aryl methyl sites for hydroxylation is 2. The molecule has 1 aromatic carbocycles. The van der Waals surface area contributed by atoms with Gasteiger partial charge in [0.05, 0.1) is 6.61 Å². The molecule has 3 rings (SSSR count). The van der Waals surface area contributed by atoms with E-state index >= 15 is 0 Å². The van der Waals surface area contributed by atoms with Crippen LogP contribution in [0, 0.1) is 6.92 Å². The highest BCUT2D eigenvalue weighted by atomic mass is 19.1. The first-order chi connectivity index (χ1) is 16.8. The van der Waals surface area contributed by atoms with Gasteiger partial charge in [-0.25, -0.2) is 9.18 Å². The standard InChI is InChI=1S/C24H35FN4O6/c1-3-10-26-24(33)27-11-4-5-15-6-8-16(9-7-15)12-17-14(2)28-29-22(17)35-23-21(32)20(31)19(25)18(13-30)34-23/h6-9,18-21,23,30-32H,3-5,10-13H2,1-2H3,(H,28,29)(H2,26,27,33). The van der Waals surface area contributed by atoms with Crippen LogP contribution in [0.1, 0.15) is 42.1 Å². The molecule has 5 unspecified atom stereocenters. The van der Waals surface area contributed by atoms with Gasteiger partial charge < -0.3 is 35.4 Å². The van der Waals surface area contributed by atoms with Crippen molar-refractivity contribution in [3.63, 3.8) is 0 Å². The second-order valence-electron chi connectivity index (χ2n) is 8.68. The third-order valence-corrected chi connectivity index (χ3v) is 5.93. The fourth-order valence-corrected chi connectivity index (χ4v) is 3.81. The number of aliphatic hydroxyl groups excluding tert-OH is 3. The number of hydrogen-bond donors (Lipinski definition) is 6. The Bertz CT molecular complexity index is 939. The van der Waals surface area contributed by atoms with Gasteiger partial charge in [0.1, 0.15) is 18.3 Å². The van der Waals surface area contributed by atoms with Crippen LogP contribution in [0.15, 0.2) is 24.3 Å². The molecule has 10 nitrogen and oxygen atoms in total. The smallest absolute Gasteiger partial charge is 0.314 e. The van der Waals surface area contributed by atoms with Crippen LogP contribution < -0.4 is 15.4 Å². The third kappa shape index (κ3) is 7.14. The van der Waals surface area contributed by atoms with Gasteiger partial charge in [0, 0.05) is 30.8 Å². The average Bonchev–Trinajstić information content (AvgIpc) is 3.20. The van der Waals surface area contributed by atoms with Gasteiger partial charge in [0.15, 0.2) is 6.17 Å². The van der Waals surface area contributed by atoms with Crippen LogP contribution in [-0.2, 0) is 17.6 Å². The summed E-state index contributed by atoms with van der Waals surface area (Å²) in [6, 6.07) is 7.91. The Morgan fingerprint density at radius 1 is 1.17 bits per heavy atom. The summed E-state index contributed by atoms with van der Waals surface area (Å²) in [5, 5.41) is 42.0. The molecule has 1 aliphatic heterocycles. The molecule has 1 fully saturated rings. The summed E-state index contributed by atoms with van der Waals surface area (Å²) in [4.78, 5) is 11.6. The minimum absolute atomic E-state index is 0.146. The summed E-state index contributed by atoms with van der Waals surface area (Å²) < 4.78 is 25.0. The largest absolute Gasteiger partial charge is 0.443 e. The first-order valence-corrected chi connectivity index (χ1v) is 11.9. The molecule has 35 heavy (non-hydrogen) atoms. The van der Waals surface area contributed by atoms with Crippen molar-refractivity contribution in [1.29, 1.82) is 0 Å². The van der Waals surface area contributed by atoms with E-state index in [1.165, 1.54) is 0 Å². The normalized spacial score (nSPS) is 24.2. The van der Waals surface area contributed by atoms with Gasteiger partial charge in [-0.15, -0.1) is 5.10 Å². The number of alkyl halides is 1. The number of benzene rings is 1. The number of H-pyrrole nitrogens is 1. The van der Waals surface area contributed by atoms with Crippen LogP contribution >= 0.6 is 0 Å². The first kappa shape index (κ1) is 26.9. The number of aromatic amines is 1. The van der Waals surface area contributed by atoms with Crippen molar-refractivity contribution in [1.82, 2.24) is 20.8 Å². The van der Waals surface area contributed by atoms with Crippen LogP contribution in [0.2, 0.25) is 0 Å².